The van der Waals surface area contributed by atoms with E-state index in [0.717, 1.165) is 23.8 Å². The van der Waals surface area contributed by atoms with Gasteiger partial charge in [-0.25, -0.2) is 9.97 Å². The summed E-state index contributed by atoms with van der Waals surface area (Å²) in [4.78, 5) is 8.37. The summed E-state index contributed by atoms with van der Waals surface area (Å²) in [6.07, 6.45) is 12.4. The first-order chi connectivity index (χ1) is 8.38. The maximum absolute atomic E-state index is 4.21. The Morgan fingerprint density at radius 2 is 2.29 bits per heavy atom. The van der Waals surface area contributed by atoms with Crippen LogP contribution < -0.4 is 5.32 Å². The van der Waals surface area contributed by atoms with Gasteiger partial charge in [0.15, 0.2) is 0 Å². The lowest BCUT2D eigenvalue weighted by atomic mass is 9.97. The second-order valence-corrected chi connectivity index (χ2v) is 5.06. The molecule has 0 bridgehead atoms. The maximum atomic E-state index is 4.21. The van der Waals surface area contributed by atoms with E-state index in [0.29, 0.717) is 0 Å². The van der Waals surface area contributed by atoms with Crippen molar-refractivity contribution in [3.63, 3.8) is 0 Å². The van der Waals surface area contributed by atoms with Crippen LogP contribution in [0.25, 0.3) is 0 Å². The number of thioether (sulfide) groups is 1. The first-order valence-electron chi connectivity index (χ1n) is 6.16. The van der Waals surface area contributed by atoms with Gasteiger partial charge in [-0.1, -0.05) is 11.6 Å². The fourth-order valence-electron chi connectivity index (χ4n) is 2.03. The minimum absolute atomic E-state index is 0.931. The molecule has 92 valence electrons. The summed E-state index contributed by atoms with van der Waals surface area (Å²) in [5.74, 6) is 0.931. The van der Waals surface area contributed by atoms with Crippen molar-refractivity contribution in [1.82, 2.24) is 9.97 Å². The van der Waals surface area contributed by atoms with E-state index in [2.05, 4.69) is 21.4 Å². The highest BCUT2D eigenvalue weighted by atomic mass is 32.2. The number of nitrogens with zero attached hydrogens (tertiary/aromatic N) is 2. The van der Waals surface area contributed by atoms with Gasteiger partial charge < -0.3 is 5.32 Å². The monoisotopic (exact) mass is 249 g/mol. The van der Waals surface area contributed by atoms with Crippen LogP contribution in [0.5, 0.6) is 0 Å². The van der Waals surface area contributed by atoms with Gasteiger partial charge >= 0.3 is 0 Å². The number of aromatic nitrogens is 2. The standard InChI is InChI=1S/C13H19N3S/c1-17-13-9-12(15-10-16-13)14-8-7-11-5-3-2-4-6-11/h5,9-10H,2-4,6-8H2,1H3,(H,14,15,16). The van der Waals surface area contributed by atoms with Gasteiger partial charge in [-0.15, -0.1) is 11.8 Å². The molecule has 1 aliphatic carbocycles. The SMILES string of the molecule is CSc1cc(NCCC2=CCCCC2)ncn1. The molecule has 0 radical (unpaired) electrons. The van der Waals surface area contributed by atoms with Gasteiger partial charge in [-0.2, -0.15) is 0 Å². The van der Waals surface area contributed by atoms with Crippen molar-refractivity contribution in [2.75, 3.05) is 18.1 Å². The van der Waals surface area contributed by atoms with Crippen molar-refractivity contribution in [3.8, 4) is 0 Å². The molecule has 0 spiro atoms. The molecule has 4 heteroatoms. The van der Waals surface area contributed by atoms with E-state index in [4.69, 9.17) is 0 Å². The van der Waals surface area contributed by atoms with Crippen molar-refractivity contribution >= 4 is 17.6 Å². The summed E-state index contributed by atoms with van der Waals surface area (Å²) in [6, 6.07) is 2.00. The zero-order valence-corrected chi connectivity index (χ0v) is 11.1. The highest BCUT2D eigenvalue weighted by molar-refractivity contribution is 7.98. The van der Waals surface area contributed by atoms with E-state index in [9.17, 15) is 0 Å². The van der Waals surface area contributed by atoms with Gasteiger partial charge in [0, 0.05) is 12.6 Å². The quantitative estimate of drug-likeness (QED) is 0.492. The summed E-state index contributed by atoms with van der Waals surface area (Å²) in [6.45, 7) is 0.969. The van der Waals surface area contributed by atoms with E-state index >= 15 is 0 Å². The van der Waals surface area contributed by atoms with Crippen molar-refractivity contribution in [2.24, 2.45) is 0 Å². The van der Waals surface area contributed by atoms with E-state index in [-0.39, 0.29) is 0 Å². The molecule has 0 atom stereocenters. The average Bonchev–Trinajstić information content (AvgIpc) is 2.40. The molecule has 0 fully saturated rings. The predicted molar refractivity (Wildman–Crippen MR) is 73.5 cm³/mol. The Kier molecular flexibility index (Phi) is 4.86. The molecular weight excluding hydrogens is 230 g/mol. The van der Waals surface area contributed by atoms with Crippen LogP contribution in [0.1, 0.15) is 32.1 Å². The fraction of sp³-hybridized carbons (Fsp3) is 0.538. The fourth-order valence-corrected chi connectivity index (χ4v) is 2.41. The van der Waals surface area contributed by atoms with Gasteiger partial charge in [0.1, 0.15) is 17.2 Å². The molecule has 17 heavy (non-hydrogen) atoms. The Morgan fingerprint density at radius 1 is 1.35 bits per heavy atom. The molecule has 0 aliphatic heterocycles. The number of hydrogen-bond acceptors (Lipinski definition) is 4. The van der Waals surface area contributed by atoms with Crippen LogP contribution in [-0.2, 0) is 0 Å². The first kappa shape index (κ1) is 12.4. The topological polar surface area (TPSA) is 37.8 Å². The third-order valence-corrected chi connectivity index (χ3v) is 3.63. The van der Waals surface area contributed by atoms with Gasteiger partial charge in [0.2, 0.25) is 0 Å². The van der Waals surface area contributed by atoms with E-state index in [1.54, 1.807) is 23.7 Å². The lowest BCUT2D eigenvalue weighted by Crippen LogP contribution is -2.06. The van der Waals surface area contributed by atoms with Crippen LogP contribution in [0.3, 0.4) is 0 Å². The second kappa shape index (κ2) is 6.64. The molecule has 0 unspecified atom stereocenters. The van der Waals surface area contributed by atoms with Gasteiger partial charge in [-0.05, 0) is 38.4 Å². The summed E-state index contributed by atoms with van der Waals surface area (Å²) in [5.41, 5.74) is 1.60. The van der Waals surface area contributed by atoms with Crippen LogP contribution in [0.4, 0.5) is 5.82 Å². The molecule has 1 aromatic rings. The number of nitrogens with one attached hydrogen (secondary N) is 1. The number of anilines is 1. The zero-order chi connectivity index (χ0) is 11.9. The number of allylic oxidation sites excluding steroid dienone is 1. The second-order valence-electron chi connectivity index (χ2n) is 4.23. The molecule has 1 aliphatic rings. The lowest BCUT2D eigenvalue weighted by molar-refractivity contribution is 0.679. The van der Waals surface area contributed by atoms with Crippen LogP contribution in [-0.4, -0.2) is 22.8 Å². The van der Waals surface area contributed by atoms with Gasteiger partial charge in [-0.3, -0.25) is 0 Å². The van der Waals surface area contributed by atoms with E-state index in [1.807, 2.05) is 12.3 Å². The first-order valence-corrected chi connectivity index (χ1v) is 7.39. The normalized spacial score (nSPS) is 15.5. The highest BCUT2D eigenvalue weighted by Crippen LogP contribution is 2.20. The molecular formula is C13H19N3S. The van der Waals surface area contributed by atoms with Crippen molar-refractivity contribution in [2.45, 2.75) is 37.1 Å². The third kappa shape index (κ3) is 4.04. The van der Waals surface area contributed by atoms with Crippen molar-refractivity contribution < 1.29 is 0 Å². The summed E-state index contributed by atoms with van der Waals surface area (Å²) in [7, 11) is 0. The van der Waals surface area contributed by atoms with Crippen LogP contribution >= 0.6 is 11.8 Å². The Labute approximate surface area is 107 Å². The Balaban J connectivity index is 1.79. The Bertz CT molecular complexity index is 390. The molecule has 1 N–H and O–H groups in total. The summed E-state index contributed by atoms with van der Waals surface area (Å²) >= 11 is 1.64. The van der Waals surface area contributed by atoms with Crippen LogP contribution in [0.2, 0.25) is 0 Å². The number of rotatable bonds is 5. The van der Waals surface area contributed by atoms with Crippen molar-refractivity contribution in [3.05, 3.63) is 24.0 Å². The molecule has 3 nitrogen and oxygen atoms in total. The van der Waals surface area contributed by atoms with E-state index in [1.165, 1.54) is 25.7 Å². The third-order valence-electron chi connectivity index (χ3n) is 2.99. The molecule has 0 aromatic carbocycles. The smallest absolute Gasteiger partial charge is 0.130 e. The zero-order valence-electron chi connectivity index (χ0n) is 10.3. The van der Waals surface area contributed by atoms with Crippen LogP contribution in [0, 0.1) is 0 Å². The van der Waals surface area contributed by atoms with E-state index < -0.39 is 0 Å². The lowest BCUT2D eigenvalue weighted by Gasteiger charge is -2.13. The van der Waals surface area contributed by atoms with Crippen LogP contribution in [0.15, 0.2) is 29.1 Å². The predicted octanol–water partition coefficient (Wildman–Crippen LogP) is 3.50. The summed E-state index contributed by atoms with van der Waals surface area (Å²) in [5, 5.41) is 4.37. The largest absolute Gasteiger partial charge is 0.370 e. The molecule has 1 heterocycles. The summed E-state index contributed by atoms with van der Waals surface area (Å²) < 4.78 is 0. The van der Waals surface area contributed by atoms with Crippen molar-refractivity contribution in [1.29, 1.82) is 0 Å². The average molecular weight is 249 g/mol. The molecule has 0 saturated carbocycles. The molecule has 1 aromatic heterocycles. The minimum Gasteiger partial charge on any atom is -0.370 e. The highest BCUT2D eigenvalue weighted by Gasteiger charge is 2.03. The Hall–Kier alpha value is -1.03. The number of hydrogen-bond donors (Lipinski definition) is 1. The Morgan fingerprint density at radius 3 is 3.06 bits per heavy atom. The molecule has 0 saturated heterocycles. The van der Waals surface area contributed by atoms with Gasteiger partial charge in [0.05, 0.1) is 0 Å². The molecule has 2 rings (SSSR count). The minimum atomic E-state index is 0.931. The molecule has 0 amide bonds. The maximum Gasteiger partial charge on any atom is 0.130 e. The van der Waals surface area contributed by atoms with Gasteiger partial charge in [0.25, 0.3) is 0 Å².